The maximum absolute atomic E-state index is 13.9. The molecule has 3 rings (SSSR count). The molecule has 0 heterocycles. The minimum Gasteiger partial charge on any atom is -0.313 e. The molecule has 0 radical (unpaired) electrons. The predicted molar refractivity (Wildman–Crippen MR) is 127 cm³/mol. The van der Waals surface area contributed by atoms with Crippen LogP contribution in [-0.4, -0.2) is 18.3 Å². The van der Waals surface area contributed by atoms with E-state index in [4.69, 9.17) is 23.2 Å². The van der Waals surface area contributed by atoms with E-state index < -0.39 is 13.0 Å². The van der Waals surface area contributed by atoms with E-state index in [-0.39, 0.29) is 6.16 Å². The first kappa shape index (κ1) is 22.0. The summed E-state index contributed by atoms with van der Waals surface area (Å²) in [5.74, 6) is -0.451. The van der Waals surface area contributed by atoms with Crippen LogP contribution in [0.2, 0.25) is 10.0 Å². The van der Waals surface area contributed by atoms with Gasteiger partial charge in [-0.1, -0.05) is 59.6 Å². The van der Waals surface area contributed by atoms with Gasteiger partial charge < -0.3 is 4.57 Å². The van der Waals surface area contributed by atoms with Crippen molar-refractivity contribution in [3.63, 3.8) is 0 Å². The van der Waals surface area contributed by atoms with Crippen LogP contribution >= 0.6 is 30.3 Å². The number of carbonyl (C=O) groups excluding carboxylic acids is 1. The Morgan fingerprint density at radius 2 is 1.40 bits per heavy atom. The molecule has 0 fully saturated rings. The van der Waals surface area contributed by atoms with Crippen molar-refractivity contribution in [3.8, 4) is 0 Å². The van der Waals surface area contributed by atoms with Gasteiger partial charge in [-0.2, -0.15) is 5.10 Å². The summed E-state index contributed by atoms with van der Waals surface area (Å²) in [5, 5.41) is 6.05. The Hall–Kier alpha value is -2.65. The van der Waals surface area contributed by atoms with Crippen molar-refractivity contribution in [2.24, 2.45) is 5.10 Å². The molecule has 1 amide bonds. The van der Waals surface area contributed by atoms with E-state index >= 15 is 0 Å². The van der Waals surface area contributed by atoms with E-state index in [1.807, 2.05) is 36.4 Å². The Morgan fingerprint density at radius 1 is 0.867 bits per heavy atom. The summed E-state index contributed by atoms with van der Waals surface area (Å²) in [4.78, 5) is 12.5. The van der Waals surface area contributed by atoms with Gasteiger partial charge in [0.25, 0.3) is 0 Å². The molecule has 0 bridgehead atoms. The standard InChI is InChI=1S/C23H19Cl2N2O2P/c24-19-8-12-21(13-9-19)30(29,22-14-10-20(25)11-15-22)17-23(28)27-26-16-4-7-18-5-2-1-3-6-18/h1-16H,17H2,(H,27,28)/b7-4+,26-16+. The third-order valence-electron chi connectivity index (χ3n) is 4.29. The van der Waals surface area contributed by atoms with E-state index in [0.29, 0.717) is 20.7 Å². The predicted octanol–water partition coefficient (Wildman–Crippen LogP) is 5.12. The van der Waals surface area contributed by atoms with Crippen molar-refractivity contribution in [1.29, 1.82) is 0 Å². The van der Waals surface area contributed by atoms with Gasteiger partial charge in [-0.05, 0) is 60.2 Å². The molecule has 7 heteroatoms. The first-order valence-electron chi connectivity index (χ1n) is 9.12. The van der Waals surface area contributed by atoms with Crippen molar-refractivity contribution in [2.45, 2.75) is 0 Å². The molecule has 30 heavy (non-hydrogen) atoms. The zero-order valence-corrected chi connectivity index (χ0v) is 18.3. The van der Waals surface area contributed by atoms with E-state index in [9.17, 15) is 9.36 Å². The summed E-state index contributed by atoms with van der Waals surface area (Å²) in [6, 6.07) is 23.1. The van der Waals surface area contributed by atoms with Gasteiger partial charge in [-0.25, -0.2) is 5.43 Å². The van der Waals surface area contributed by atoms with Gasteiger partial charge in [-0.3, -0.25) is 4.79 Å². The summed E-state index contributed by atoms with van der Waals surface area (Å²) < 4.78 is 13.9. The summed E-state index contributed by atoms with van der Waals surface area (Å²) in [7, 11) is -3.24. The Kier molecular flexibility index (Phi) is 7.64. The van der Waals surface area contributed by atoms with E-state index in [1.165, 1.54) is 6.21 Å². The fourth-order valence-corrected chi connectivity index (χ4v) is 5.46. The molecule has 0 unspecified atom stereocenters. The van der Waals surface area contributed by atoms with E-state index in [1.54, 1.807) is 54.6 Å². The highest BCUT2D eigenvalue weighted by atomic mass is 35.5. The molecule has 3 aromatic rings. The van der Waals surface area contributed by atoms with Crippen LogP contribution in [0.4, 0.5) is 0 Å². The van der Waals surface area contributed by atoms with Crippen molar-refractivity contribution in [3.05, 3.63) is 101 Å². The fourth-order valence-electron chi connectivity index (χ4n) is 2.80. The zero-order chi connectivity index (χ0) is 21.4. The monoisotopic (exact) mass is 456 g/mol. The molecule has 0 aliphatic heterocycles. The van der Waals surface area contributed by atoms with Gasteiger partial charge in [0.05, 0.1) is 6.16 Å². The topological polar surface area (TPSA) is 58.5 Å². The lowest BCUT2D eigenvalue weighted by Crippen LogP contribution is -2.28. The number of benzene rings is 3. The normalized spacial score (nSPS) is 11.8. The highest BCUT2D eigenvalue weighted by Crippen LogP contribution is 2.43. The minimum atomic E-state index is -3.24. The molecule has 152 valence electrons. The lowest BCUT2D eigenvalue weighted by Gasteiger charge is -2.18. The molecule has 0 aliphatic rings. The van der Waals surface area contributed by atoms with Crippen molar-refractivity contribution >= 4 is 59.2 Å². The third kappa shape index (κ3) is 5.93. The lowest BCUT2D eigenvalue weighted by molar-refractivity contribution is -0.118. The highest BCUT2D eigenvalue weighted by Gasteiger charge is 2.30. The minimum absolute atomic E-state index is 0.226. The Balaban J connectivity index is 1.74. The molecule has 0 aromatic heterocycles. The highest BCUT2D eigenvalue weighted by molar-refractivity contribution is 7.79. The smallest absolute Gasteiger partial charge is 0.248 e. The quantitative estimate of drug-likeness (QED) is 0.304. The summed E-state index contributed by atoms with van der Waals surface area (Å²) in [5.41, 5.74) is 3.46. The average Bonchev–Trinajstić information content (AvgIpc) is 2.75. The number of hydrogen-bond donors (Lipinski definition) is 1. The van der Waals surface area contributed by atoms with Crippen LogP contribution < -0.4 is 16.0 Å². The van der Waals surface area contributed by atoms with Crippen molar-refractivity contribution < 1.29 is 9.36 Å². The Morgan fingerprint density at radius 3 is 1.93 bits per heavy atom. The van der Waals surface area contributed by atoms with Crippen LogP contribution in [0, 0.1) is 0 Å². The SMILES string of the molecule is O=C(CP(=O)(c1ccc(Cl)cc1)c1ccc(Cl)cc1)N/N=C/C=C/c1ccccc1. The number of hydrogen-bond acceptors (Lipinski definition) is 3. The molecular formula is C23H19Cl2N2O2P. The number of allylic oxidation sites excluding steroid dienone is 1. The maximum atomic E-state index is 13.9. The van der Waals surface area contributed by atoms with Crippen LogP contribution in [-0.2, 0) is 9.36 Å². The Labute approximate surface area is 185 Å². The van der Waals surface area contributed by atoms with Crippen LogP contribution in [0.3, 0.4) is 0 Å². The van der Waals surface area contributed by atoms with Crippen LogP contribution in [0.1, 0.15) is 5.56 Å². The average molecular weight is 457 g/mol. The maximum Gasteiger partial charge on any atom is 0.248 e. The first-order valence-corrected chi connectivity index (χ1v) is 11.8. The second-order valence-corrected chi connectivity index (χ2v) is 10.1. The number of carbonyl (C=O) groups is 1. The number of rotatable bonds is 7. The fraction of sp³-hybridized carbons (Fsp3) is 0.0435. The Bertz CT molecular complexity index is 1050. The lowest BCUT2D eigenvalue weighted by atomic mass is 10.2. The second-order valence-electron chi connectivity index (χ2n) is 6.43. The second kappa shape index (κ2) is 10.4. The molecule has 0 aliphatic carbocycles. The van der Waals surface area contributed by atoms with Gasteiger partial charge in [-0.15, -0.1) is 0 Å². The molecule has 1 N–H and O–H groups in total. The number of amides is 1. The largest absolute Gasteiger partial charge is 0.313 e. The van der Waals surface area contributed by atoms with Gasteiger partial charge >= 0.3 is 0 Å². The molecular weight excluding hydrogens is 438 g/mol. The molecule has 0 atom stereocenters. The van der Waals surface area contributed by atoms with Crippen molar-refractivity contribution in [1.82, 2.24) is 5.43 Å². The van der Waals surface area contributed by atoms with Crippen LogP contribution in [0.5, 0.6) is 0 Å². The van der Waals surface area contributed by atoms with Gasteiger partial charge in [0.1, 0.15) is 0 Å². The number of halogens is 2. The van der Waals surface area contributed by atoms with E-state index in [0.717, 1.165) is 5.56 Å². The van der Waals surface area contributed by atoms with E-state index in [2.05, 4.69) is 10.5 Å². The molecule has 3 aromatic carbocycles. The molecule has 4 nitrogen and oxygen atoms in total. The van der Waals surface area contributed by atoms with Gasteiger partial charge in [0.2, 0.25) is 5.91 Å². The summed E-state index contributed by atoms with van der Waals surface area (Å²) in [6.45, 7) is 0. The summed E-state index contributed by atoms with van der Waals surface area (Å²) in [6.07, 6.45) is 4.83. The molecule has 0 saturated carbocycles. The first-order chi connectivity index (χ1) is 14.5. The van der Waals surface area contributed by atoms with Crippen molar-refractivity contribution in [2.75, 3.05) is 6.16 Å². The molecule has 0 saturated heterocycles. The summed E-state index contributed by atoms with van der Waals surface area (Å²) >= 11 is 11.9. The number of nitrogens with one attached hydrogen (secondary N) is 1. The van der Waals surface area contributed by atoms with Crippen LogP contribution in [0.15, 0.2) is 90.0 Å². The van der Waals surface area contributed by atoms with Gasteiger partial charge in [0, 0.05) is 26.9 Å². The number of hydrazone groups is 1. The van der Waals surface area contributed by atoms with Gasteiger partial charge in [0.15, 0.2) is 7.14 Å². The van der Waals surface area contributed by atoms with Crippen LogP contribution in [0.25, 0.3) is 6.08 Å². The number of nitrogens with zero attached hydrogens (tertiary/aromatic N) is 1. The third-order valence-corrected chi connectivity index (χ3v) is 7.79. The molecule has 0 spiro atoms. The zero-order valence-electron chi connectivity index (χ0n) is 15.9.